The molecule has 0 atom stereocenters. The predicted molar refractivity (Wildman–Crippen MR) is 73.4 cm³/mol. The zero-order valence-corrected chi connectivity index (χ0v) is 12.3. The summed E-state index contributed by atoms with van der Waals surface area (Å²) in [7, 11) is -3.03. The van der Waals surface area contributed by atoms with E-state index in [1.54, 1.807) is 32.0 Å². The number of hydrogen-bond donors (Lipinski definition) is 0. The summed E-state index contributed by atoms with van der Waals surface area (Å²) in [6, 6.07) is 6.56. The summed E-state index contributed by atoms with van der Waals surface area (Å²) in [5, 5.41) is 0. The van der Waals surface area contributed by atoms with Crippen molar-refractivity contribution in [2.45, 2.75) is 19.6 Å². The molecule has 0 bridgehead atoms. The fourth-order valence-electron chi connectivity index (χ4n) is 1.39. The van der Waals surface area contributed by atoms with E-state index in [0.29, 0.717) is 24.5 Å². The third-order valence-corrected chi connectivity index (χ3v) is 5.93. The Kier molecular flexibility index (Phi) is 6.94. The molecule has 1 rings (SSSR count). The summed E-state index contributed by atoms with van der Waals surface area (Å²) in [5.41, 5.74) is 0.838. The smallest absolute Gasteiger partial charge is 0.308 e. The van der Waals surface area contributed by atoms with Crippen molar-refractivity contribution in [2.75, 3.05) is 18.7 Å². The molecular weight excluding hydrogens is 274 g/mol. The van der Waals surface area contributed by atoms with Gasteiger partial charge in [-0.25, -0.2) is 4.39 Å². The molecule has 0 aliphatic carbocycles. The highest BCUT2D eigenvalue weighted by Crippen LogP contribution is 2.51. The van der Waals surface area contributed by atoms with Gasteiger partial charge in [-0.3, -0.25) is 4.57 Å². The van der Waals surface area contributed by atoms with Gasteiger partial charge in [-0.05, 0) is 25.5 Å². The largest absolute Gasteiger partial charge is 0.340 e. The molecule has 0 saturated carbocycles. The van der Waals surface area contributed by atoms with E-state index in [9.17, 15) is 8.96 Å². The van der Waals surface area contributed by atoms with Crippen LogP contribution in [0.4, 0.5) is 4.39 Å². The molecule has 18 heavy (non-hydrogen) atoms. The maximum Gasteiger partial charge on any atom is 0.340 e. The molecule has 3 nitrogen and oxygen atoms in total. The Bertz CT molecular complexity index is 404. The van der Waals surface area contributed by atoms with E-state index in [4.69, 9.17) is 9.05 Å². The third-order valence-electron chi connectivity index (χ3n) is 2.12. The molecule has 102 valence electrons. The maximum absolute atomic E-state index is 13.4. The van der Waals surface area contributed by atoms with Crippen molar-refractivity contribution in [3.8, 4) is 0 Å². The standard InChI is InChI=1S/C12H18FO3PS/c1-3-15-17(14,16-4-2)10-18-9-11-7-5-6-8-12(11)13/h5-8H,3-4,9-10H2,1-2H3. The Hall–Kier alpha value is -0.350. The van der Waals surface area contributed by atoms with Crippen molar-refractivity contribution in [3.63, 3.8) is 0 Å². The lowest BCUT2D eigenvalue weighted by atomic mass is 10.2. The summed E-state index contributed by atoms with van der Waals surface area (Å²) in [6.45, 7) is 4.23. The molecule has 1 aromatic carbocycles. The summed E-state index contributed by atoms with van der Waals surface area (Å²) >= 11 is 1.35. The first kappa shape index (κ1) is 15.7. The molecule has 0 aromatic heterocycles. The number of benzene rings is 1. The zero-order valence-electron chi connectivity index (χ0n) is 10.6. The highest BCUT2D eigenvalue weighted by molar-refractivity contribution is 8.03. The van der Waals surface area contributed by atoms with Crippen LogP contribution in [0.15, 0.2) is 24.3 Å². The normalized spacial score (nSPS) is 11.7. The lowest BCUT2D eigenvalue weighted by molar-refractivity contribution is 0.224. The first-order valence-corrected chi connectivity index (χ1v) is 8.69. The van der Waals surface area contributed by atoms with Gasteiger partial charge in [0, 0.05) is 5.75 Å². The number of rotatable bonds is 8. The summed E-state index contributed by atoms with van der Waals surface area (Å²) in [4.78, 5) is 0. The van der Waals surface area contributed by atoms with Gasteiger partial charge in [0.1, 0.15) is 5.82 Å². The van der Waals surface area contributed by atoms with Gasteiger partial charge >= 0.3 is 7.60 Å². The zero-order chi connectivity index (χ0) is 13.4. The minimum Gasteiger partial charge on any atom is -0.308 e. The molecule has 0 aliphatic rings. The highest BCUT2D eigenvalue weighted by atomic mass is 32.2. The molecular formula is C12H18FO3PS. The van der Waals surface area contributed by atoms with Crippen LogP contribution in [-0.2, 0) is 19.4 Å². The minimum absolute atomic E-state index is 0.239. The molecule has 0 aliphatic heterocycles. The molecule has 0 fully saturated rings. The van der Waals surface area contributed by atoms with Gasteiger partial charge in [-0.2, -0.15) is 0 Å². The van der Waals surface area contributed by atoms with Crippen LogP contribution in [-0.4, -0.2) is 18.7 Å². The van der Waals surface area contributed by atoms with E-state index in [-0.39, 0.29) is 11.3 Å². The lowest BCUT2D eigenvalue weighted by Crippen LogP contribution is -1.98. The van der Waals surface area contributed by atoms with Gasteiger partial charge in [0.2, 0.25) is 0 Å². The maximum atomic E-state index is 13.4. The second kappa shape index (κ2) is 7.95. The average molecular weight is 292 g/mol. The molecule has 1 aromatic rings. The molecule has 0 saturated heterocycles. The van der Waals surface area contributed by atoms with Crippen LogP contribution in [0.3, 0.4) is 0 Å². The van der Waals surface area contributed by atoms with E-state index in [0.717, 1.165) is 0 Å². The SMILES string of the molecule is CCOP(=O)(CSCc1ccccc1F)OCC. The topological polar surface area (TPSA) is 35.5 Å². The molecule has 0 heterocycles. The van der Waals surface area contributed by atoms with E-state index in [1.165, 1.54) is 17.8 Å². The quantitative estimate of drug-likeness (QED) is 0.670. The number of thioether (sulfide) groups is 1. The van der Waals surface area contributed by atoms with Crippen LogP contribution < -0.4 is 0 Å². The Morgan fingerprint density at radius 3 is 2.39 bits per heavy atom. The van der Waals surface area contributed by atoms with E-state index < -0.39 is 7.60 Å². The van der Waals surface area contributed by atoms with Crippen molar-refractivity contribution in [1.29, 1.82) is 0 Å². The average Bonchev–Trinajstić information content (AvgIpc) is 2.32. The number of halogens is 1. The molecule has 0 amide bonds. The summed E-state index contributed by atoms with van der Waals surface area (Å²) in [6.07, 6.45) is 0. The lowest BCUT2D eigenvalue weighted by Gasteiger charge is -2.16. The van der Waals surface area contributed by atoms with E-state index in [2.05, 4.69) is 0 Å². The van der Waals surface area contributed by atoms with Crippen molar-refractivity contribution in [3.05, 3.63) is 35.6 Å². The third kappa shape index (κ3) is 5.11. The Morgan fingerprint density at radius 2 is 1.83 bits per heavy atom. The van der Waals surface area contributed by atoms with Gasteiger partial charge in [0.25, 0.3) is 0 Å². The van der Waals surface area contributed by atoms with E-state index in [1.807, 2.05) is 0 Å². The monoisotopic (exact) mass is 292 g/mol. The predicted octanol–water partition coefficient (Wildman–Crippen LogP) is 4.28. The van der Waals surface area contributed by atoms with Crippen LogP contribution >= 0.6 is 19.4 Å². The second-order valence-corrected chi connectivity index (χ2v) is 6.98. The Morgan fingerprint density at radius 1 is 1.22 bits per heavy atom. The van der Waals surface area contributed by atoms with Gasteiger partial charge in [-0.15, -0.1) is 11.8 Å². The minimum atomic E-state index is -3.03. The van der Waals surface area contributed by atoms with Crippen LogP contribution in [0, 0.1) is 5.82 Å². The summed E-state index contributed by atoms with van der Waals surface area (Å²) in [5.74, 6) is 0.212. The molecule has 6 heteroatoms. The van der Waals surface area contributed by atoms with Gasteiger partial charge in [0.15, 0.2) is 0 Å². The van der Waals surface area contributed by atoms with Crippen molar-refractivity contribution < 1.29 is 18.0 Å². The Labute approximate surface area is 112 Å². The molecule has 0 unspecified atom stereocenters. The fraction of sp³-hybridized carbons (Fsp3) is 0.500. The summed E-state index contributed by atoms with van der Waals surface area (Å²) < 4.78 is 35.8. The van der Waals surface area contributed by atoms with Gasteiger partial charge in [-0.1, -0.05) is 18.2 Å². The Balaban J connectivity index is 2.49. The molecule has 0 spiro atoms. The first-order chi connectivity index (χ1) is 8.61. The molecule has 0 N–H and O–H groups in total. The van der Waals surface area contributed by atoms with Crippen molar-refractivity contribution in [1.82, 2.24) is 0 Å². The van der Waals surface area contributed by atoms with Crippen LogP contribution in [0.1, 0.15) is 19.4 Å². The van der Waals surface area contributed by atoms with Gasteiger partial charge < -0.3 is 9.05 Å². The van der Waals surface area contributed by atoms with Crippen molar-refractivity contribution >= 4 is 19.4 Å². The molecule has 0 radical (unpaired) electrons. The van der Waals surface area contributed by atoms with Crippen LogP contribution in [0.5, 0.6) is 0 Å². The highest BCUT2D eigenvalue weighted by Gasteiger charge is 2.23. The van der Waals surface area contributed by atoms with Crippen molar-refractivity contribution in [2.24, 2.45) is 0 Å². The first-order valence-electron chi connectivity index (χ1n) is 5.80. The number of hydrogen-bond acceptors (Lipinski definition) is 4. The second-order valence-electron chi connectivity index (χ2n) is 3.52. The van der Waals surface area contributed by atoms with Crippen LogP contribution in [0.25, 0.3) is 0 Å². The van der Waals surface area contributed by atoms with E-state index >= 15 is 0 Å². The van der Waals surface area contributed by atoms with Crippen LogP contribution in [0.2, 0.25) is 0 Å². The van der Waals surface area contributed by atoms with Gasteiger partial charge in [0.05, 0.1) is 18.7 Å². The fourth-order valence-corrected chi connectivity index (χ4v) is 4.56.